The molecule has 0 unspecified atom stereocenters. The van der Waals surface area contributed by atoms with Gasteiger partial charge in [-0.05, 0) is 6.07 Å². The Hall–Kier alpha value is -1.95. The summed E-state index contributed by atoms with van der Waals surface area (Å²) in [4.78, 5) is 22.1. The van der Waals surface area contributed by atoms with Crippen molar-refractivity contribution in [3.05, 3.63) is 28.8 Å². The third-order valence-electron chi connectivity index (χ3n) is 2.01. The van der Waals surface area contributed by atoms with Crippen LogP contribution in [-0.4, -0.2) is 35.3 Å². The summed E-state index contributed by atoms with van der Waals surface area (Å²) in [6.45, 7) is 0.778. The number of rotatable bonds is 4. The highest BCUT2D eigenvalue weighted by Crippen LogP contribution is 2.07. The Morgan fingerprint density at radius 2 is 2.31 bits per heavy atom. The molecule has 2 rings (SSSR count). The number of aromatic amines is 1. The second-order valence-electron chi connectivity index (χ2n) is 3.11. The van der Waals surface area contributed by atoms with E-state index in [1.807, 2.05) is 0 Å². The van der Waals surface area contributed by atoms with Crippen molar-refractivity contribution in [2.45, 2.75) is 0 Å². The first-order chi connectivity index (χ1) is 7.81. The monoisotopic (exact) mass is 221 g/mol. The van der Waals surface area contributed by atoms with Crippen molar-refractivity contribution in [2.24, 2.45) is 0 Å². The highest BCUT2D eigenvalue weighted by atomic mass is 16.5. The number of pyridine rings is 1. The van der Waals surface area contributed by atoms with Crippen LogP contribution in [0, 0.1) is 0 Å². The van der Waals surface area contributed by atoms with Crippen LogP contribution in [-0.2, 0) is 4.74 Å². The van der Waals surface area contributed by atoms with E-state index in [0.29, 0.717) is 24.1 Å². The van der Waals surface area contributed by atoms with Gasteiger partial charge in [-0.2, -0.15) is 4.98 Å². The van der Waals surface area contributed by atoms with E-state index in [4.69, 9.17) is 9.47 Å². The molecule has 0 amide bonds. The minimum Gasteiger partial charge on any atom is -0.462 e. The zero-order valence-electron chi connectivity index (χ0n) is 8.77. The molecule has 0 fully saturated rings. The highest BCUT2D eigenvalue weighted by molar-refractivity contribution is 5.76. The van der Waals surface area contributed by atoms with Crippen LogP contribution < -0.4 is 10.3 Å². The van der Waals surface area contributed by atoms with E-state index in [1.54, 1.807) is 19.4 Å². The maximum absolute atomic E-state index is 11.6. The topological polar surface area (TPSA) is 77.1 Å². The molecule has 16 heavy (non-hydrogen) atoms. The predicted octanol–water partition coefficient (Wildman–Crippen LogP) is 0.343. The van der Waals surface area contributed by atoms with E-state index in [0.717, 1.165) is 0 Å². The van der Waals surface area contributed by atoms with E-state index in [9.17, 15) is 4.79 Å². The van der Waals surface area contributed by atoms with Crippen LogP contribution in [0.5, 0.6) is 6.01 Å². The Balaban J connectivity index is 2.31. The third-order valence-corrected chi connectivity index (χ3v) is 2.01. The first kappa shape index (κ1) is 10.6. The molecule has 6 heteroatoms. The average Bonchev–Trinajstić information content (AvgIpc) is 2.30. The lowest BCUT2D eigenvalue weighted by Crippen LogP contribution is -2.13. The Morgan fingerprint density at radius 1 is 1.44 bits per heavy atom. The number of H-pyrrole nitrogens is 1. The summed E-state index contributed by atoms with van der Waals surface area (Å²) in [7, 11) is 1.57. The zero-order valence-corrected chi connectivity index (χ0v) is 8.77. The first-order valence-corrected chi connectivity index (χ1v) is 4.77. The fourth-order valence-electron chi connectivity index (χ4n) is 1.26. The molecule has 0 aliphatic heterocycles. The first-order valence-electron chi connectivity index (χ1n) is 4.77. The van der Waals surface area contributed by atoms with Gasteiger partial charge in [0.1, 0.15) is 6.61 Å². The largest absolute Gasteiger partial charge is 0.462 e. The van der Waals surface area contributed by atoms with Gasteiger partial charge in [-0.1, -0.05) is 0 Å². The zero-order chi connectivity index (χ0) is 11.4. The number of fused-ring (bicyclic) bond motifs is 1. The van der Waals surface area contributed by atoms with Crippen LogP contribution in [0.15, 0.2) is 23.3 Å². The molecule has 84 valence electrons. The molecule has 0 aliphatic rings. The van der Waals surface area contributed by atoms with E-state index in [1.165, 1.54) is 6.20 Å². The number of hydrogen-bond acceptors (Lipinski definition) is 5. The Kier molecular flexibility index (Phi) is 3.11. The normalized spacial score (nSPS) is 10.6. The Labute approximate surface area is 91.3 Å². The van der Waals surface area contributed by atoms with Gasteiger partial charge in [-0.15, -0.1) is 0 Å². The molecule has 2 aromatic rings. The molecule has 1 N–H and O–H groups in total. The summed E-state index contributed by atoms with van der Waals surface area (Å²) < 4.78 is 10.0. The molecule has 2 aromatic heterocycles. The van der Waals surface area contributed by atoms with Gasteiger partial charge in [-0.25, -0.2) is 0 Å². The molecule has 0 aliphatic carbocycles. The van der Waals surface area contributed by atoms with Crippen molar-refractivity contribution in [3.8, 4) is 6.01 Å². The molecule has 6 nitrogen and oxygen atoms in total. The molecule has 0 radical (unpaired) electrons. The van der Waals surface area contributed by atoms with Crippen LogP contribution in [0.25, 0.3) is 10.9 Å². The lowest BCUT2D eigenvalue weighted by atomic mass is 10.3. The fourth-order valence-corrected chi connectivity index (χ4v) is 1.26. The second kappa shape index (κ2) is 4.71. The van der Waals surface area contributed by atoms with Crippen molar-refractivity contribution in [3.63, 3.8) is 0 Å². The van der Waals surface area contributed by atoms with Crippen LogP contribution >= 0.6 is 0 Å². The third kappa shape index (κ3) is 2.17. The summed E-state index contributed by atoms with van der Waals surface area (Å²) in [6.07, 6.45) is 3.07. The predicted molar refractivity (Wildman–Crippen MR) is 57.5 cm³/mol. The molecule has 0 aromatic carbocycles. The smallest absolute Gasteiger partial charge is 0.297 e. The Morgan fingerprint density at radius 3 is 3.12 bits per heavy atom. The van der Waals surface area contributed by atoms with Gasteiger partial charge in [0, 0.05) is 13.3 Å². The van der Waals surface area contributed by atoms with Gasteiger partial charge in [0.15, 0.2) is 0 Å². The minimum atomic E-state index is -0.236. The second-order valence-corrected chi connectivity index (χ2v) is 3.11. The van der Waals surface area contributed by atoms with Gasteiger partial charge in [0.05, 0.1) is 23.7 Å². The van der Waals surface area contributed by atoms with Crippen LogP contribution in [0.2, 0.25) is 0 Å². The van der Waals surface area contributed by atoms with E-state index in [-0.39, 0.29) is 11.6 Å². The average molecular weight is 221 g/mol. The van der Waals surface area contributed by atoms with Crippen LogP contribution in [0.1, 0.15) is 0 Å². The molecular weight excluding hydrogens is 210 g/mol. The Bertz CT molecular complexity index is 538. The molecule has 2 heterocycles. The molecule has 0 spiro atoms. The minimum absolute atomic E-state index is 0.183. The maximum atomic E-state index is 11.6. The summed E-state index contributed by atoms with van der Waals surface area (Å²) in [5.74, 6) is 0. The fraction of sp³-hybridized carbons (Fsp3) is 0.300. The quantitative estimate of drug-likeness (QED) is 0.753. The number of hydrogen-bond donors (Lipinski definition) is 1. The molecule has 0 saturated heterocycles. The van der Waals surface area contributed by atoms with Crippen LogP contribution in [0.3, 0.4) is 0 Å². The lowest BCUT2D eigenvalue weighted by Gasteiger charge is -2.04. The van der Waals surface area contributed by atoms with Crippen molar-refractivity contribution in [2.75, 3.05) is 20.3 Å². The number of nitrogens with one attached hydrogen (secondary N) is 1. The standard InChI is InChI=1S/C10H11N3O3/c1-15-4-5-16-10-12-8-6-11-3-2-7(8)9(14)13-10/h2-3,6H,4-5H2,1H3,(H,12,13,14). The molecule has 0 atom stereocenters. The molecule has 0 saturated carbocycles. The van der Waals surface area contributed by atoms with Crippen molar-refractivity contribution < 1.29 is 9.47 Å². The lowest BCUT2D eigenvalue weighted by molar-refractivity contribution is 0.141. The number of aromatic nitrogens is 3. The molecule has 0 bridgehead atoms. The van der Waals surface area contributed by atoms with Gasteiger partial charge in [-0.3, -0.25) is 14.8 Å². The van der Waals surface area contributed by atoms with E-state index < -0.39 is 0 Å². The van der Waals surface area contributed by atoms with Gasteiger partial charge in [0.25, 0.3) is 11.6 Å². The maximum Gasteiger partial charge on any atom is 0.297 e. The summed E-state index contributed by atoms with van der Waals surface area (Å²) >= 11 is 0. The SMILES string of the molecule is COCCOc1nc2cnccc2c(=O)[nH]1. The van der Waals surface area contributed by atoms with Crippen molar-refractivity contribution in [1.29, 1.82) is 0 Å². The molecular formula is C10H11N3O3. The number of nitrogens with zero attached hydrogens (tertiary/aromatic N) is 2. The van der Waals surface area contributed by atoms with Gasteiger partial charge >= 0.3 is 0 Å². The highest BCUT2D eigenvalue weighted by Gasteiger charge is 2.03. The van der Waals surface area contributed by atoms with E-state index in [2.05, 4.69) is 15.0 Å². The van der Waals surface area contributed by atoms with Crippen molar-refractivity contribution in [1.82, 2.24) is 15.0 Å². The number of methoxy groups -OCH3 is 1. The van der Waals surface area contributed by atoms with Crippen LogP contribution in [0.4, 0.5) is 0 Å². The van der Waals surface area contributed by atoms with Crippen molar-refractivity contribution >= 4 is 10.9 Å². The van der Waals surface area contributed by atoms with E-state index >= 15 is 0 Å². The number of ether oxygens (including phenoxy) is 2. The van der Waals surface area contributed by atoms with Gasteiger partial charge < -0.3 is 9.47 Å². The summed E-state index contributed by atoms with van der Waals surface area (Å²) in [5.41, 5.74) is 0.276. The van der Waals surface area contributed by atoms with Gasteiger partial charge in [0.2, 0.25) is 0 Å². The summed E-state index contributed by atoms with van der Waals surface area (Å²) in [5, 5.41) is 0.495. The summed E-state index contributed by atoms with van der Waals surface area (Å²) in [6, 6.07) is 1.79.